The molecule has 1 aromatic carbocycles. The quantitative estimate of drug-likeness (QED) is 0.510. The first-order valence-electron chi connectivity index (χ1n) is 9.26. The molecule has 7 heteroatoms. The zero-order chi connectivity index (χ0) is 20.8. The van der Waals surface area contributed by atoms with Crippen molar-refractivity contribution in [2.75, 3.05) is 32.3 Å². The first kappa shape index (κ1) is 22.0. The van der Waals surface area contributed by atoms with E-state index in [2.05, 4.69) is 22.1 Å². The maximum absolute atomic E-state index is 12.7. The zero-order valence-corrected chi connectivity index (χ0v) is 18.1. The molecule has 28 heavy (non-hydrogen) atoms. The summed E-state index contributed by atoms with van der Waals surface area (Å²) in [6, 6.07) is 5.53. The van der Waals surface area contributed by atoms with Crippen LogP contribution in [0.3, 0.4) is 0 Å². The maximum Gasteiger partial charge on any atom is 0.345 e. The molecule has 1 N–H and O–H groups in total. The van der Waals surface area contributed by atoms with E-state index in [-0.39, 0.29) is 5.88 Å². The number of nitrogens with zero attached hydrogens (tertiary/aromatic N) is 2. The lowest BCUT2D eigenvalue weighted by molar-refractivity contribution is 0.0597. The number of benzene rings is 1. The molecule has 6 nitrogen and oxygen atoms in total. The molecule has 0 saturated heterocycles. The van der Waals surface area contributed by atoms with Crippen LogP contribution in [0.2, 0.25) is 5.02 Å². The van der Waals surface area contributed by atoms with Crippen molar-refractivity contribution >= 4 is 23.3 Å². The average molecular weight is 406 g/mol. The first-order chi connectivity index (χ1) is 13.3. The van der Waals surface area contributed by atoms with Crippen LogP contribution in [0.15, 0.2) is 18.2 Å². The van der Waals surface area contributed by atoms with E-state index in [1.54, 1.807) is 0 Å². The molecule has 0 aliphatic rings. The number of hydrogen-bond acceptors (Lipinski definition) is 6. The third-order valence-corrected chi connectivity index (χ3v) is 4.51. The van der Waals surface area contributed by atoms with Gasteiger partial charge in [0.25, 0.3) is 0 Å². The number of rotatable bonds is 8. The van der Waals surface area contributed by atoms with E-state index < -0.39 is 5.97 Å². The van der Waals surface area contributed by atoms with Crippen LogP contribution in [0, 0.1) is 20.8 Å². The predicted molar refractivity (Wildman–Crippen MR) is 113 cm³/mol. The van der Waals surface area contributed by atoms with Gasteiger partial charge in [-0.3, -0.25) is 0 Å². The second-order valence-electron chi connectivity index (χ2n) is 6.70. The minimum absolute atomic E-state index is 0.229. The van der Waals surface area contributed by atoms with E-state index in [4.69, 9.17) is 21.1 Å². The summed E-state index contributed by atoms with van der Waals surface area (Å²) < 4.78 is 11.2. The molecule has 0 bridgehead atoms. The molecule has 1 heterocycles. The van der Waals surface area contributed by atoms with Gasteiger partial charge < -0.3 is 19.7 Å². The fourth-order valence-electron chi connectivity index (χ4n) is 3.15. The van der Waals surface area contributed by atoms with Gasteiger partial charge in [0.15, 0.2) is 0 Å². The van der Waals surface area contributed by atoms with Crippen LogP contribution >= 0.6 is 11.6 Å². The summed E-state index contributed by atoms with van der Waals surface area (Å²) in [4.78, 5) is 19.3. The Morgan fingerprint density at radius 2 is 1.86 bits per heavy atom. The van der Waals surface area contributed by atoms with E-state index in [1.807, 2.05) is 46.0 Å². The maximum atomic E-state index is 12.7. The van der Waals surface area contributed by atoms with Gasteiger partial charge in [0, 0.05) is 17.3 Å². The topological polar surface area (TPSA) is 63.7 Å². The number of halogens is 1. The molecule has 0 aliphatic heterocycles. The van der Waals surface area contributed by atoms with Gasteiger partial charge in [0.1, 0.15) is 11.3 Å². The number of ether oxygens (including phenoxy) is 2. The summed E-state index contributed by atoms with van der Waals surface area (Å²) in [6.07, 6.45) is 0.926. The van der Waals surface area contributed by atoms with E-state index in [1.165, 1.54) is 7.11 Å². The molecule has 1 aromatic heterocycles. The summed E-state index contributed by atoms with van der Waals surface area (Å²) in [5, 5.41) is 3.78. The standard InChI is InChI=1S/C21H28ClN3O3/c1-7-8-25(12-23-5)17-11-15(4)24-20(18(17)21(26)27-6)28-19-13(2)9-16(22)10-14(19)3/h9-11,23H,7-8,12H2,1-6H3. The largest absolute Gasteiger partial charge is 0.465 e. The van der Waals surface area contributed by atoms with Crippen molar-refractivity contribution in [2.45, 2.75) is 34.1 Å². The third kappa shape index (κ3) is 4.94. The number of nitrogens with one attached hydrogen (secondary N) is 1. The molecule has 2 rings (SSSR count). The molecule has 0 unspecified atom stereocenters. The second-order valence-corrected chi connectivity index (χ2v) is 7.14. The Bertz CT molecular complexity index is 826. The van der Waals surface area contributed by atoms with Crippen molar-refractivity contribution < 1.29 is 14.3 Å². The second kappa shape index (κ2) is 9.75. The molecule has 0 spiro atoms. The van der Waals surface area contributed by atoms with Crippen molar-refractivity contribution in [3.63, 3.8) is 0 Å². The van der Waals surface area contributed by atoms with E-state index in [0.29, 0.717) is 23.0 Å². The lowest BCUT2D eigenvalue weighted by Gasteiger charge is -2.27. The Hall–Kier alpha value is -2.31. The molecule has 2 aromatic rings. The molecule has 0 atom stereocenters. The Balaban J connectivity index is 2.65. The van der Waals surface area contributed by atoms with Crippen LogP contribution in [0.1, 0.15) is 40.5 Å². The van der Waals surface area contributed by atoms with Crippen molar-refractivity contribution in [3.8, 4) is 11.6 Å². The summed E-state index contributed by atoms with van der Waals surface area (Å²) in [6.45, 7) is 9.14. The summed E-state index contributed by atoms with van der Waals surface area (Å²) >= 11 is 6.13. The van der Waals surface area contributed by atoms with Gasteiger partial charge in [-0.05, 0) is 63.6 Å². The number of aromatic nitrogens is 1. The Kier molecular flexibility index (Phi) is 7.66. The number of methoxy groups -OCH3 is 1. The highest BCUT2D eigenvalue weighted by molar-refractivity contribution is 6.30. The van der Waals surface area contributed by atoms with Crippen LogP contribution in [0.25, 0.3) is 0 Å². The highest BCUT2D eigenvalue weighted by atomic mass is 35.5. The fourth-order valence-corrected chi connectivity index (χ4v) is 3.47. The summed E-state index contributed by atoms with van der Waals surface area (Å²) in [7, 11) is 3.23. The summed E-state index contributed by atoms with van der Waals surface area (Å²) in [5.74, 6) is 0.376. The minimum atomic E-state index is -0.487. The van der Waals surface area contributed by atoms with Crippen LogP contribution in [0.4, 0.5) is 5.69 Å². The Morgan fingerprint density at radius 1 is 1.21 bits per heavy atom. The minimum Gasteiger partial charge on any atom is -0.465 e. The fraction of sp³-hybridized carbons (Fsp3) is 0.429. The number of aryl methyl sites for hydroxylation is 3. The molecule has 0 radical (unpaired) electrons. The number of pyridine rings is 1. The monoisotopic (exact) mass is 405 g/mol. The van der Waals surface area contributed by atoms with Crippen molar-refractivity contribution in [1.82, 2.24) is 10.3 Å². The van der Waals surface area contributed by atoms with Crippen molar-refractivity contribution in [1.29, 1.82) is 0 Å². The molecule has 152 valence electrons. The van der Waals surface area contributed by atoms with Crippen molar-refractivity contribution in [2.24, 2.45) is 0 Å². The van der Waals surface area contributed by atoms with Gasteiger partial charge in [-0.25, -0.2) is 9.78 Å². The molecule has 0 fully saturated rings. The van der Waals surface area contributed by atoms with Crippen molar-refractivity contribution in [3.05, 3.63) is 45.6 Å². The summed E-state index contributed by atoms with van der Waals surface area (Å²) in [5.41, 5.74) is 3.53. The van der Waals surface area contributed by atoms with Gasteiger partial charge in [-0.1, -0.05) is 18.5 Å². The van der Waals surface area contributed by atoms with Crippen LogP contribution in [0.5, 0.6) is 11.6 Å². The van der Waals surface area contributed by atoms with Crippen LogP contribution in [-0.2, 0) is 4.74 Å². The van der Waals surface area contributed by atoms with Gasteiger partial charge >= 0.3 is 5.97 Å². The number of anilines is 1. The normalized spacial score (nSPS) is 10.7. The van der Waals surface area contributed by atoms with E-state index in [0.717, 1.165) is 35.5 Å². The third-order valence-electron chi connectivity index (χ3n) is 4.29. The van der Waals surface area contributed by atoms with Crippen LogP contribution < -0.4 is 15.0 Å². The van der Waals surface area contributed by atoms with Gasteiger partial charge in [0.05, 0.1) is 19.5 Å². The highest BCUT2D eigenvalue weighted by Crippen LogP contribution is 2.36. The van der Waals surface area contributed by atoms with E-state index >= 15 is 0 Å². The smallest absolute Gasteiger partial charge is 0.345 e. The number of esters is 1. The van der Waals surface area contributed by atoms with Gasteiger partial charge in [-0.2, -0.15) is 0 Å². The highest BCUT2D eigenvalue weighted by Gasteiger charge is 2.25. The Labute approximate surface area is 171 Å². The first-order valence-corrected chi connectivity index (χ1v) is 9.64. The number of carbonyl (C=O) groups excluding carboxylic acids is 1. The molecule has 0 amide bonds. The average Bonchev–Trinajstić information content (AvgIpc) is 2.63. The SMILES string of the molecule is CCCN(CNC)c1cc(C)nc(Oc2c(C)cc(Cl)cc2C)c1C(=O)OC. The number of hydrogen-bond donors (Lipinski definition) is 1. The Morgan fingerprint density at radius 3 is 2.39 bits per heavy atom. The molecule has 0 saturated carbocycles. The van der Waals surface area contributed by atoms with Gasteiger partial charge in [-0.15, -0.1) is 0 Å². The molecular weight excluding hydrogens is 378 g/mol. The van der Waals surface area contributed by atoms with Gasteiger partial charge in [0.2, 0.25) is 5.88 Å². The lowest BCUT2D eigenvalue weighted by atomic mass is 10.1. The predicted octanol–water partition coefficient (Wildman–Crippen LogP) is 4.63. The lowest BCUT2D eigenvalue weighted by Crippen LogP contribution is -2.34. The zero-order valence-electron chi connectivity index (χ0n) is 17.4. The van der Waals surface area contributed by atoms with E-state index in [9.17, 15) is 4.79 Å². The molecule has 0 aliphatic carbocycles. The van der Waals surface area contributed by atoms with Crippen LogP contribution in [-0.4, -0.2) is 38.3 Å². The number of carbonyl (C=O) groups is 1. The molecular formula is C21H28ClN3O3.